The van der Waals surface area contributed by atoms with E-state index in [4.69, 9.17) is 58.2 Å². The molecule has 28 nitrogen and oxygen atoms in total. The summed E-state index contributed by atoms with van der Waals surface area (Å²) >= 11 is 8.09. The number of aliphatic hydroxyl groups excluding tert-OH is 1. The van der Waals surface area contributed by atoms with Crippen LogP contribution in [-0.4, -0.2) is 205 Å². The van der Waals surface area contributed by atoms with Crippen molar-refractivity contribution in [1.29, 1.82) is 0 Å². The standard InChI is InChI=1S/C27H28ClF2N5O3.C13H15F2N3O4.C13H17F2N3O3.C13H19F2N3O.C7H6INO2/c1-16-11-18(27(29,30)15-35-7-9-38-10-8-35)13-21-24(16)34-25(33-21)23-20(5-6-31-26(23)37)32-14-22(36)17-3-2-4-19(28)12-17;1-8-6-9(7-10(11(8)16)18(20)21)13(14,15)12(19)17-2-4-22-5-3-17;1-9-6-10(7-11(12(9)16)18(19)20)13(14,15)8-17-2-4-21-5-3-17;1-9-6-10(7-11(16)12(9)17)13(14,15)8-18-2-4-19-5-3-18;1-11-7-5(4-10)6(8)2-3-9-7/h2-6,11-13,22,36H,7-10,14-15H2,1H3,(H,33,34)(H2,31,32,37);6-7H,2-5,16H2,1H3;6-7H,2-5,8,16H2,1H3;6-7H,2-5,8,16-17H2,1H3;2-4H,1H3/t22-;;;;/m1..../s1. The molecule has 4 fully saturated rings. The van der Waals surface area contributed by atoms with Gasteiger partial charge in [-0.15, -0.1) is 0 Å². The van der Waals surface area contributed by atoms with Gasteiger partial charge in [0.15, 0.2) is 6.29 Å². The van der Waals surface area contributed by atoms with Crippen LogP contribution in [0.25, 0.3) is 22.4 Å². The van der Waals surface area contributed by atoms with E-state index in [1.807, 2.05) is 0 Å². The molecule has 8 aromatic rings. The molecule has 4 aliphatic rings. The van der Waals surface area contributed by atoms with Crippen molar-refractivity contribution in [1.82, 2.24) is 39.5 Å². The number of amides is 1. The minimum absolute atomic E-state index is 0.0600. The van der Waals surface area contributed by atoms with Gasteiger partial charge >= 0.3 is 5.92 Å². The molecule has 12 N–H and O–H groups in total. The Labute approximate surface area is 650 Å². The maximum atomic E-state index is 15.2. The molecule has 0 unspecified atom stereocenters. The van der Waals surface area contributed by atoms with Crippen LogP contribution in [0.3, 0.4) is 0 Å². The average molecular weight is 1690 g/mol. The summed E-state index contributed by atoms with van der Waals surface area (Å²) < 4.78 is 143. The van der Waals surface area contributed by atoms with E-state index < -0.39 is 81.1 Å². The number of methoxy groups -OCH3 is 1. The van der Waals surface area contributed by atoms with Gasteiger partial charge < -0.3 is 71.9 Å². The molecular formula is C73H85ClF8IN15O13. The van der Waals surface area contributed by atoms with Crippen LogP contribution in [0.1, 0.15) is 66.5 Å². The molecule has 38 heteroatoms. The number of imidazole rings is 1. The first-order valence-corrected chi connectivity index (χ1v) is 36.0. The third kappa shape index (κ3) is 22.9. The third-order valence-corrected chi connectivity index (χ3v) is 19.4. The number of aldehydes is 1. The van der Waals surface area contributed by atoms with Gasteiger partial charge in [-0.25, -0.2) is 9.97 Å². The molecule has 0 radical (unpaired) electrons. The molecule has 4 aliphatic heterocycles. The van der Waals surface area contributed by atoms with Gasteiger partial charge in [-0.3, -0.25) is 49.3 Å². The fourth-order valence-electron chi connectivity index (χ4n) is 12.0. The van der Waals surface area contributed by atoms with E-state index in [1.54, 1.807) is 71.1 Å². The zero-order chi connectivity index (χ0) is 81.3. The molecule has 111 heavy (non-hydrogen) atoms. The lowest BCUT2D eigenvalue weighted by atomic mass is 10.0. The van der Waals surface area contributed by atoms with Crippen molar-refractivity contribution in [3.8, 4) is 17.3 Å². The Morgan fingerprint density at radius 3 is 1.60 bits per heavy atom. The lowest BCUT2D eigenvalue weighted by Gasteiger charge is -2.30. The number of nitrogens with two attached hydrogens (primary N) is 4. The van der Waals surface area contributed by atoms with Crippen molar-refractivity contribution in [2.75, 3.05) is 167 Å². The minimum Gasteiger partial charge on any atom is -0.480 e. The van der Waals surface area contributed by atoms with Crippen LogP contribution in [0.2, 0.25) is 5.02 Å². The Kier molecular flexibility index (Phi) is 30.3. The van der Waals surface area contributed by atoms with Gasteiger partial charge in [0.25, 0.3) is 40.6 Å². The fourth-order valence-corrected chi connectivity index (χ4v) is 12.7. The molecule has 7 heterocycles. The first kappa shape index (κ1) is 87.1. The van der Waals surface area contributed by atoms with Crippen LogP contribution in [0.4, 0.5) is 74.9 Å². The number of pyridine rings is 2. The molecule has 5 aromatic carbocycles. The summed E-state index contributed by atoms with van der Waals surface area (Å²) in [4.78, 5) is 75.6. The largest absolute Gasteiger partial charge is 0.480 e. The number of benzene rings is 5. The number of alkyl halides is 8. The molecular weight excluding hydrogens is 1610 g/mol. The molecule has 1 amide bonds. The summed E-state index contributed by atoms with van der Waals surface area (Å²) in [7, 11) is 1.49. The van der Waals surface area contributed by atoms with Crippen molar-refractivity contribution >= 4 is 97.2 Å². The number of carbonyl (C=O) groups is 2. The number of halogens is 10. The SMILES string of the molecule is COc1nccc(I)c1C=O.Cc1cc(C(F)(F)C(=O)N2CCOCC2)cc([N+](=O)[O-])c1N.Cc1cc(C(F)(F)CN2CCOCC2)cc(N)c1N.Cc1cc(C(F)(F)CN2CCOCC2)cc([N+](=O)[O-])c1N.Cc1cc(C(F)(F)CN2CCOCC2)cc2[nH]c(-c3c(NC[C@@H](O)c4cccc(Cl)c4)cc[nH]c3=O)nc12. The lowest BCUT2D eigenvalue weighted by molar-refractivity contribution is -0.384. The van der Waals surface area contributed by atoms with Gasteiger partial charge in [0, 0.05) is 114 Å². The average Bonchev–Trinajstić information content (AvgIpc) is 1.73. The second-order valence-electron chi connectivity index (χ2n) is 26.2. The molecule has 0 bridgehead atoms. The summed E-state index contributed by atoms with van der Waals surface area (Å²) in [5.41, 5.74) is 24.1. The third-order valence-electron chi connectivity index (χ3n) is 18.2. The second kappa shape index (κ2) is 38.7. The number of hydrogen-bond donors (Lipinski definition) is 8. The van der Waals surface area contributed by atoms with Crippen molar-refractivity contribution in [3.05, 3.63) is 192 Å². The number of carbonyl (C=O) groups excluding carboxylic acids is 2. The number of hydrogen-bond acceptors (Lipinski definition) is 23. The number of aromatic amines is 2. The molecule has 600 valence electrons. The summed E-state index contributed by atoms with van der Waals surface area (Å²) in [5.74, 6) is -13.8. The fraction of sp³-hybridized carbons (Fsp3) is 0.411. The van der Waals surface area contributed by atoms with E-state index in [2.05, 4.69) is 47.8 Å². The van der Waals surface area contributed by atoms with Crippen LogP contribution in [-0.2, 0) is 47.4 Å². The van der Waals surface area contributed by atoms with Crippen LogP contribution < -0.4 is 38.5 Å². The number of ether oxygens (including phenoxy) is 5. The van der Waals surface area contributed by atoms with Crippen LogP contribution in [0, 0.1) is 51.5 Å². The molecule has 12 rings (SSSR count). The molecule has 3 aromatic heterocycles. The Bertz CT molecular complexity index is 4620. The van der Waals surface area contributed by atoms with Gasteiger partial charge in [0.2, 0.25) is 5.88 Å². The number of nitrogen functional groups attached to an aromatic ring is 4. The first-order chi connectivity index (χ1) is 52.5. The highest BCUT2D eigenvalue weighted by Crippen LogP contribution is 2.40. The van der Waals surface area contributed by atoms with Crippen molar-refractivity contribution in [2.45, 2.75) is 57.5 Å². The second-order valence-corrected chi connectivity index (χ2v) is 27.8. The number of rotatable bonds is 20. The summed E-state index contributed by atoms with van der Waals surface area (Å²) in [5, 5.41) is 36.0. The van der Waals surface area contributed by atoms with Crippen LogP contribution in [0.5, 0.6) is 5.88 Å². The van der Waals surface area contributed by atoms with E-state index in [0.717, 1.165) is 26.9 Å². The number of nitro groups is 2. The maximum absolute atomic E-state index is 15.2. The Morgan fingerprint density at radius 2 is 1.14 bits per heavy atom. The molecule has 4 saturated heterocycles. The predicted molar refractivity (Wildman–Crippen MR) is 410 cm³/mol. The number of nitrogens with one attached hydrogen (secondary N) is 3. The number of aliphatic hydroxyl groups is 1. The molecule has 0 aliphatic carbocycles. The summed E-state index contributed by atoms with van der Waals surface area (Å²) in [6.07, 6.45) is 2.95. The number of nitro benzene ring substituents is 2. The van der Waals surface area contributed by atoms with E-state index >= 15 is 8.78 Å². The van der Waals surface area contributed by atoms with Crippen LogP contribution >= 0.6 is 34.2 Å². The number of morpholine rings is 4. The smallest absolute Gasteiger partial charge is 0.350 e. The number of aryl methyl sites for hydroxylation is 4. The zero-order valence-corrected chi connectivity index (χ0v) is 64.0. The Balaban J connectivity index is 0.000000184. The summed E-state index contributed by atoms with van der Waals surface area (Å²) in [6.45, 7) is 11.2. The van der Waals surface area contributed by atoms with E-state index in [0.29, 0.717) is 141 Å². The van der Waals surface area contributed by atoms with Gasteiger partial charge in [-0.2, -0.15) is 35.1 Å². The Hall–Kier alpha value is -9.45. The minimum atomic E-state index is -3.86. The normalized spacial score (nSPS) is 15.6. The quantitative estimate of drug-likeness (QED) is 0.00877. The number of H-pyrrole nitrogens is 2. The maximum Gasteiger partial charge on any atom is 0.350 e. The van der Waals surface area contributed by atoms with Gasteiger partial charge in [-0.1, -0.05) is 23.7 Å². The zero-order valence-electron chi connectivity index (χ0n) is 61.0. The molecule has 0 spiro atoms. The van der Waals surface area contributed by atoms with E-state index in [1.165, 1.54) is 57.5 Å². The van der Waals surface area contributed by atoms with Crippen molar-refractivity contribution in [2.24, 2.45) is 0 Å². The Morgan fingerprint density at radius 1 is 0.676 bits per heavy atom. The van der Waals surface area contributed by atoms with E-state index in [9.17, 15) is 66.1 Å². The lowest BCUT2D eigenvalue weighted by Crippen LogP contribution is -2.47. The highest BCUT2D eigenvalue weighted by atomic mass is 127. The monoisotopic (exact) mass is 1690 g/mol. The number of fused-ring (bicyclic) bond motifs is 1. The topological polar surface area (TPSA) is 390 Å². The van der Waals surface area contributed by atoms with Gasteiger partial charge in [0.1, 0.15) is 22.8 Å². The predicted octanol–water partition coefficient (Wildman–Crippen LogP) is 10.9. The van der Waals surface area contributed by atoms with Gasteiger partial charge in [-0.05, 0) is 139 Å². The highest BCUT2D eigenvalue weighted by molar-refractivity contribution is 14.1. The number of nitrogens with zero attached hydrogens (tertiary/aromatic N) is 8. The molecule has 0 saturated carbocycles. The van der Waals surface area contributed by atoms with E-state index in [-0.39, 0.29) is 95.7 Å². The van der Waals surface area contributed by atoms with Crippen molar-refractivity contribution < 1.29 is 83.3 Å². The first-order valence-electron chi connectivity index (χ1n) is 34.5. The number of anilines is 5. The molecule has 1 atom stereocenters. The van der Waals surface area contributed by atoms with Crippen molar-refractivity contribution in [3.63, 3.8) is 0 Å². The highest BCUT2D eigenvalue weighted by Gasteiger charge is 2.46. The number of aromatic nitrogens is 4. The summed E-state index contributed by atoms with van der Waals surface area (Å²) in [6, 6.07) is 19.5. The van der Waals surface area contributed by atoms with Gasteiger partial charge in [0.05, 0.1) is 129 Å². The van der Waals surface area contributed by atoms with Crippen LogP contribution in [0.15, 0.2) is 102 Å².